The Morgan fingerprint density at radius 1 is 0.650 bits per heavy atom. The van der Waals surface area contributed by atoms with Crippen LogP contribution in [-0.2, 0) is 0 Å². The van der Waals surface area contributed by atoms with E-state index in [-0.39, 0.29) is 21.5 Å². The molecule has 0 radical (unpaired) electrons. The van der Waals surface area contributed by atoms with Gasteiger partial charge in [-0.25, -0.2) is 0 Å². The Balaban J connectivity index is 2.64. The Morgan fingerprint density at radius 3 is 1.10 bits per heavy atom. The van der Waals surface area contributed by atoms with Crippen molar-refractivity contribution in [3.05, 3.63) is 53.5 Å². The van der Waals surface area contributed by atoms with E-state index in [0.29, 0.717) is 9.46 Å². The third-order valence-corrected chi connectivity index (χ3v) is 3.18. The number of benzene rings is 1. The molecule has 2 heterocycles. The molecule has 8 heteroatoms. The van der Waals surface area contributed by atoms with Crippen LogP contribution >= 0.6 is 0 Å². The topological polar surface area (TPSA) is 96.6 Å². The van der Waals surface area contributed by atoms with Gasteiger partial charge in [0.15, 0.2) is 0 Å². The van der Waals surface area contributed by atoms with E-state index in [1.807, 2.05) is 0 Å². The lowest BCUT2D eigenvalue weighted by molar-refractivity contribution is 0.153. The van der Waals surface area contributed by atoms with Gasteiger partial charge in [0.25, 0.3) is 22.2 Å². The van der Waals surface area contributed by atoms with Crippen LogP contribution in [0.1, 0.15) is 0 Å². The van der Waals surface area contributed by atoms with Crippen molar-refractivity contribution in [2.75, 3.05) is 14.2 Å². The normalized spacial score (nSPS) is 11.3. The Morgan fingerprint density at radius 2 is 0.900 bits per heavy atom. The van der Waals surface area contributed by atoms with Crippen LogP contribution in [0.4, 0.5) is 0 Å². The van der Waals surface area contributed by atoms with Crippen LogP contribution in [-0.4, -0.2) is 23.7 Å². The Bertz CT molecular complexity index is 888. The highest BCUT2D eigenvalue weighted by Gasteiger charge is 2.19. The molecule has 0 atom stereocenters. The average Bonchev–Trinajstić information content (AvgIpc) is 2.82. The standard InChI is InChI=1S/C12H8N2O6/c1-19-13-9(15)5-3-7-8(4-6(5)10(13)16)12(18)14(20-2)11(7)17/h3-4H,1-2H3. The number of rotatable bonds is 2. The summed E-state index contributed by atoms with van der Waals surface area (Å²) in [5, 5.41) is 0.0915. The van der Waals surface area contributed by atoms with E-state index in [1.165, 1.54) is 26.4 Å². The first-order valence-electron chi connectivity index (χ1n) is 5.55. The summed E-state index contributed by atoms with van der Waals surface area (Å²) < 4.78 is 1.14. The van der Waals surface area contributed by atoms with Gasteiger partial charge in [-0.3, -0.25) is 19.2 Å². The maximum Gasteiger partial charge on any atom is 0.294 e. The summed E-state index contributed by atoms with van der Waals surface area (Å²) in [5.74, 6) is 0. The molecule has 0 saturated carbocycles. The summed E-state index contributed by atoms with van der Waals surface area (Å²) in [6, 6.07) is 2.42. The highest BCUT2D eigenvalue weighted by Crippen LogP contribution is 2.13. The molecule has 0 spiro atoms. The fourth-order valence-corrected chi connectivity index (χ4v) is 2.26. The summed E-state index contributed by atoms with van der Waals surface area (Å²) in [5.41, 5.74) is -2.70. The summed E-state index contributed by atoms with van der Waals surface area (Å²) >= 11 is 0. The molecule has 102 valence electrons. The SMILES string of the molecule is COn1c(=O)c2cc3c(=O)n(OC)c(=O)c3cc2c1=O. The van der Waals surface area contributed by atoms with Gasteiger partial charge in [0.1, 0.15) is 14.2 Å². The Labute approximate surface area is 109 Å². The minimum Gasteiger partial charge on any atom is -0.410 e. The zero-order valence-electron chi connectivity index (χ0n) is 10.5. The van der Waals surface area contributed by atoms with Gasteiger partial charge >= 0.3 is 0 Å². The summed E-state index contributed by atoms with van der Waals surface area (Å²) in [6.45, 7) is 0. The van der Waals surface area contributed by atoms with Gasteiger partial charge in [0.2, 0.25) is 0 Å². The van der Waals surface area contributed by atoms with E-state index in [2.05, 4.69) is 9.68 Å². The molecule has 0 amide bonds. The molecule has 0 aliphatic carbocycles. The lowest BCUT2D eigenvalue weighted by atomic mass is 10.1. The molecule has 1 aromatic carbocycles. The lowest BCUT2D eigenvalue weighted by Crippen LogP contribution is -2.30. The molecule has 3 aromatic rings. The quantitative estimate of drug-likeness (QED) is 0.538. The van der Waals surface area contributed by atoms with Crippen LogP contribution in [0.15, 0.2) is 31.3 Å². The van der Waals surface area contributed by atoms with Crippen LogP contribution in [0.25, 0.3) is 21.5 Å². The maximum atomic E-state index is 11.9. The molecule has 8 nitrogen and oxygen atoms in total. The van der Waals surface area contributed by atoms with Gasteiger partial charge in [0, 0.05) is 0 Å². The monoisotopic (exact) mass is 276 g/mol. The highest BCUT2D eigenvalue weighted by atomic mass is 16.7. The predicted octanol–water partition coefficient (Wildman–Crippen LogP) is -1.97. The average molecular weight is 276 g/mol. The molecule has 0 aliphatic heterocycles. The molecular weight excluding hydrogens is 268 g/mol. The molecule has 0 unspecified atom stereocenters. The van der Waals surface area contributed by atoms with Crippen LogP contribution in [0.5, 0.6) is 0 Å². The van der Waals surface area contributed by atoms with Gasteiger partial charge in [-0.15, -0.1) is 9.46 Å². The lowest BCUT2D eigenvalue weighted by Gasteiger charge is -1.92. The van der Waals surface area contributed by atoms with Gasteiger partial charge in [-0.2, -0.15) is 0 Å². The van der Waals surface area contributed by atoms with Crippen molar-refractivity contribution >= 4 is 21.5 Å². The van der Waals surface area contributed by atoms with Gasteiger partial charge in [-0.05, 0) is 12.1 Å². The Kier molecular flexibility index (Phi) is 2.31. The first-order chi connectivity index (χ1) is 9.51. The van der Waals surface area contributed by atoms with Crippen LogP contribution in [0.3, 0.4) is 0 Å². The number of fused-ring (bicyclic) bond motifs is 2. The van der Waals surface area contributed by atoms with E-state index < -0.39 is 22.2 Å². The molecule has 2 aromatic heterocycles. The first kappa shape index (κ1) is 12.2. The zero-order valence-corrected chi connectivity index (χ0v) is 10.5. The van der Waals surface area contributed by atoms with E-state index >= 15 is 0 Å². The largest absolute Gasteiger partial charge is 0.410 e. The molecule has 0 bridgehead atoms. The van der Waals surface area contributed by atoms with Crippen LogP contribution in [0, 0.1) is 0 Å². The number of nitrogens with zero attached hydrogens (tertiary/aromatic N) is 2. The van der Waals surface area contributed by atoms with Crippen molar-refractivity contribution in [2.24, 2.45) is 0 Å². The number of hydrogen-bond acceptors (Lipinski definition) is 6. The van der Waals surface area contributed by atoms with Crippen molar-refractivity contribution in [3.8, 4) is 0 Å². The zero-order chi connectivity index (χ0) is 14.6. The third kappa shape index (κ3) is 1.25. The van der Waals surface area contributed by atoms with E-state index in [4.69, 9.17) is 0 Å². The number of aromatic nitrogens is 2. The van der Waals surface area contributed by atoms with Gasteiger partial charge in [0.05, 0.1) is 21.5 Å². The second-order valence-electron chi connectivity index (χ2n) is 4.12. The van der Waals surface area contributed by atoms with E-state index in [9.17, 15) is 19.2 Å². The van der Waals surface area contributed by atoms with Crippen molar-refractivity contribution in [2.45, 2.75) is 0 Å². The molecule has 20 heavy (non-hydrogen) atoms. The third-order valence-electron chi connectivity index (χ3n) is 3.18. The molecule has 0 aliphatic rings. The summed E-state index contributed by atoms with van der Waals surface area (Å²) in [6.07, 6.45) is 0. The minimum absolute atomic E-state index is 0.0229. The van der Waals surface area contributed by atoms with Gasteiger partial charge in [-0.1, -0.05) is 0 Å². The predicted molar refractivity (Wildman–Crippen MR) is 69.9 cm³/mol. The van der Waals surface area contributed by atoms with Crippen LogP contribution in [0.2, 0.25) is 0 Å². The molecule has 0 N–H and O–H groups in total. The Hall–Kier alpha value is -2.90. The molecule has 0 fully saturated rings. The minimum atomic E-state index is -0.675. The summed E-state index contributed by atoms with van der Waals surface area (Å²) in [7, 11) is 2.36. The fraction of sp³-hybridized carbons (Fsp3) is 0.167. The first-order valence-corrected chi connectivity index (χ1v) is 5.55. The smallest absolute Gasteiger partial charge is 0.294 e. The molecule has 0 saturated heterocycles. The highest BCUT2D eigenvalue weighted by molar-refractivity contribution is 5.97. The number of hydrogen-bond donors (Lipinski definition) is 0. The van der Waals surface area contributed by atoms with Crippen molar-refractivity contribution in [3.63, 3.8) is 0 Å². The molecule has 3 rings (SSSR count). The van der Waals surface area contributed by atoms with E-state index in [1.54, 1.807) is 0 Å². The van der Waals surface area contributed by atoms with Crippen molar-refractivity contribution in [1.82, 2.24) is 9.46 Å². The van der Waals surface area contributed by atoms with Crippen molar-refractivity contribution < 1.29 is 9.68 Å². The van der Waals surface area contributed by atoms with Crippen LogP contribution < -0.4 is 31.9 Å². The van der Waals surface area contributed by atoms with Crippen molar-refractivity contribution in [1.29, 1.82) is 0 Å². The molecular formula is C12H8N2O6. The second kappa shape index (κ2) is 3.80. The van der Waals surface area contributed by atoms with Gasteiger partial charge < -0.3 is 9.68 Å². The second-order valence-corrected chi connectivity index (χ2v) is 4.12. The fourth-order valence-electron chi connectivity index (χ4n) is 2.26. The maximum absolute atomic E-state index is 11.9. The van der Waals surface area contributed by atoms with E-state index in [0.717, 1.165) is 0 Å². The summed E-state index contributed by atoms with van der Waals surface area (Å²) in [4.78, 5) is 57.0.